The van der Waals surface area contributed by atoms with Gasteiger partial charge >= 0.3 is 6.18 Å². The predicted octanol–water partition coefficient (Wildman–Crippen LogP) is 4.23. The molecule has 0 spiro atoms. The fraction of sp³-hybridized carbons (Fsp3) is 0.167. The number of hydrogen-bond donors (Lipinski definition) is 0. The summed E-state index contributed by atoms with van der Waals surface area (Å²) in [5.74, 6) is 0.413. The van der Waals surface area contributed by atoms with Gasteiger partial charge in [-0.1, -0.05) is 18.2 Å². The van der Waals surface area contributed by atoms with Crippen molar-refractivity contribution >= 4 is 15.9 Å². The molecule has 6 heteroatoms. The molecule has 0 unspecified atom stereocenters. The van der Waals surface area contributed by atoms with E-state index in [0.717, 1.165) is 6.07 Å². The number of aromatic nitrogens is 2. The van der Waals surface area contributed by atoms with Gasteiger partial charge in [-0.15, -0.1) is 0 Å². The minimum atomic E-state index is -4.40. The van der Waals surface area contributed by atoms with Crippen molar-refractivity contribution in [1.82, 2.24) is 9.97 Å². The molecule has 0 aliphatic carbocycles. The second kappa shape index (κ2) is 4.68. The highest BCUT2D eigenvalue weighted by Crippen LogP contribution is 2.36. The SMILES string of the molecule is Cc1nc(Br)cc(-c2ccccc2C(F)(F)F)n1. The van der Waals surface area contributed by atoms with Gasteiger partial charge in [-0.2, -0.15) is 13.2 Å². The second-order valence-corrected chi connectivity index (χ2v) is 4.48. The minimum Gasteiger partial charge on any atom is -0.233 e. The van der Waals surface area contributed by atoms with Crippen LogP contribution in [0.1, 0.15) is 11.4 Å². The molecular weight excluding hydrogens is 309 g/mol. The molecule has 0 bridgehead atoms. The summed E-state index contributed by atoms with van der Waals surface area (Å²) in [7, 11) is 0. The summed E-state index contributed by atoms with van der Waals surface area (Å²) in [6.07, 6.45) is -4.40. The van der Waals surface area contributed by atoms with E-state index in [4.69, 9.17) is 0 Å². The van der Waals surface area contributed by atoms with Crippen LogP contribution in [0.4, 0.5) is 13.2 Å². The predicted molar refractivity (Wildman–Crippen MR) is 64.9 cm³/mol. The third-order valence-corrected chi connectivity index (χ3v) is 2.72. The van der Waals surface area contributed by atoms with E-state index in [1.54, 1.807) is 13.0 Å². The maximum absolute atomic E-state index is 12.9. The summed E-state index contributed by atoms with van der Waals surface area (Å²) in [6, 6.07) is 6.82. The van der Waals surface area contributed by atoms with Crippen molar-refractivity contribution in [3.05, 3.63) is 46.3 Å². The normalized spacial score (nSPS) is 11.6. The highest BCUT2D eigenvalue weighted by molar-refractivity contribution is 9.10. The van der Waals surface area contributed by atoms with Crippen LogP contribution in [0.5, 0.6) is 0 Å². The molecule has 0 aliphatic heterocycles. The maximum atomic E-state index is 12.9. The third kappa shape index (κ3) is 2.69. The lowest BCUT2D eigenvalue weighted by Crippen LogP contribution is -2.07. The molecule has 2 nitrogen and oxygen atoms in total. The van der Waals surface area contributed by atoms with Crippen LogP contribution in [-0.4, -0.2) is 9.97 Å². The number of aryl methyl sites for hydroxylation is 1. The standard InChI is InChI=1S/C12H8BrF3N2/c1-7-17-10(6-11(13)18-7)8-4-2-3-5-9(8)12(14,15)16/h2-6H,1H3. The number of rotatable bonds is 1. The van der Waals surface area contributed by atoms with Gasteiger partial charge in [0, 0.05) is 5.56 Å². The van der Waals surface area contributed by atoms with Crippen molar-refractivity contribution in [2.45, 2.75) is 13.1 Å². The zero-order valence-corrected chi connectivity index (χ0v) is 10.9. The molecule has 2 rings (SSSR count). The van der Waals surface area contributed by atoms with Crippen LogP contribution in [0, 0.1) is 6.92 Å². The molecular formula is C12H8BrF3N2. The largest absolute Gasteiger partial charge is 0.417 e. The van der Waals surface area contributed by atoms with Gasteiger partial charge in [-0.3, -0.25) is 0 Å². The van der Waals surface area contributed by atoms with E-state index >= 15 is 0 Å². The Bertz CT molecular complexity index is 562. The molecule has 18 heavy (non-hydrogen) atoms. The molecule has 0 saturated carbocycles. The first kappa shape index (κ1) is 13.0. The minimum absolute atomic E-state index is 0.0520. The molecule has 0 atom stereocenters. The fourth-order valence-corrected chi connectivity index (χ4v) is 2.10. The smallest absolute Gasteiger partial charge is 0.233 e. The van der Waals surface area contributed by atoms with E-state index in [1.807, 2.05) is 0 Å². The average molecular weight is 317 g/mol. The first-order valence-electron chi connectivity index (χ1n) is 5.06. The summed E-state index contributed by atoms with van der Waals surface area (Å²) in [5.41, 5.74) is -0.395. The van der Waals surface area contributed by atoms with E-state index in [2.05, 4.69) is 25.9 Å². The van der Waals surface area contributed by atoms with E-state index in [1.165, 1.54) is 18.2 Å². The third-order valence-electron chi connectivity index (χ3n) is 2.32. The van der Waals surface area contributed by atoms with Crippen LogP contribution in [0.2, 0.25) is 0 Å². The van der Waals surface area contributed by atoms with Crippen molar-refractivity contribution in [3.63, 3.8) is 0 Å². The molecule has 0 amide bonds. The van der Waals surface area contributed by atoms with E-state index in [9.17, 15) is 13.2 Å². The molecule has 0 N–H and O–H groups in total. The molecule has 1 aromatic heterocycles. The van der Waals surface area contributed by atoms with Gasteiger partial charge in [-0.25, -0.2) is 9.97 Å². The highest BCUT2D eigenvalue weighted by Gasteiger charge is 2.33. The molecule has 0 saturated heterocycles. The van der Waals surface area contributed by atoms with Gasteiger partial charge in [0.15, 0.2) is 0 Å². The maximum Gasteiger partial charge on any atom is 0.417 e. The Labute approximate surface area is 110 Å². The lowest BCUT2D eigenvalue weighted by Gasteiger charge is -2.12. The molecule has 94 valence electrons. The Morgan fingerprint density at radius 3 is 2.39 bits per heavy atom. The second-order valence-electron chi connectivity index (χ2n) is 3.67. The van der Waals surface area contributed by atoms with E-state index in [-0.39, 0.29) is 11.3 Å². The van der Waals surface area contributed by atoms with Gasteiger partial charge in [0.1, 0.15) is 10.4 Å². The van der Waals surface area contributed by atoms with Crippen LogP contribution >= 0.6 is 15.9 Å². The number of benzene rings is 1. The van der Waals surface area contributed by atoms with Crippen LogP contribution in [0.3, 0.4) is 0 Å². The summed E-state index contributed by atoms with van der Waals surface area (Å²) in [6.45, 7) is 1.63. The molecule has 0 aliphatic rings. The summed E-state index contributed by atoms with van der Waals surface area (Å²) < 4.78 is 39.1. The lowest BCUT2D eigenvalue weighted by molar-refractivity contribution is -0.137. The quantitative estimate of drug-likeness (QED) is 0.736. The highest BCUT2D eigenvalue weighted by atomic mass is 79.9. The van der Waals surface area contributed by atoms with Gasteiger partial charge in [0.05, 0.1) is 11.3 Å². The van der Waals surface area contributed by atoms with E-state index in [0.29, 0.717) is 10.4 Å². The van der Waals surface area contributed by atoms with Crippen LogP contribution in [-0.2, 0) is 6.18 Å². The van der Waals surface area contributed by atoms with Crippen LogP contribution < -0.4 is 0 Å². The van der Waals surface area contributed by atoms with Crippen molar-refractivity contribution in [3.8, 4) is 11.3 Å². The molecule has 1 heterocycles. The van der Waals surface area contributed by atoms with Crippen LogP contribution in [0.15, 0.2) is 34.9 Å². The Hall–Kier alpha value is -1.43. The monoisotopic (exact) mass is 316 g/mol. The summed E-state index contributed by atoms with van der Waals surface area (Å²) in [5, 5.41) is 0. The van der Waals surface area contributed by atoms with Crippen molar-refractivity contribution in [2.24, 2.45) is 0 Å². The van der Waals surface area contributed by atoms with Gasteiger partial charge in [0.25, 0.3) is 0 Å². The summed E-state index contributed by atoms with van der Waals surface area (Å²) in [4.78, 5) is 8.01. The van der Waals surface area contributed by atoms with Crippen LogP contribution in [0.25, 0.3) is 11.3 Å². The van der Waals surface area contributed by atoms with Gasteiger partial charge in [-0.05, 0) is 35.0 Å². The zero-order chi connectivity index (χ0) is 13.3. The van der Waals surface area contributed by atoms with Crippen molar-refractivity contribution in [1.29, 1.82) is 0 Å². The average Bonchev–Trinajstić information content (AvgIpc) is 2.26. The first-order valence-corrected chi connectivity index (χ1v) is 5.85. The fourth-order valence-electron chi connectivity index (χ4n) is 1.62. The number of alkyl halides is 3. The van der Waals surface area contributed by atoms with Gasteiger partial charge < -0.3 is 0 Å². The van der Waals surface area contributed by atoms with E-state index < -0.39 is 11.7 Å². The van der Waals surface area contributed by atoms with Crippen molar-refractivity contribution in [2.75, 3.05) is 0 Å². The molecule has 0 fully saturated rings. The number of halogens is 4. The molecule has 0 radical (unpaired) electrons. The van der Waals surface area contributed by atoms with Crippen molar-refractivity contribution < 1.29 is 13.2 Å². The zero-order valence-electron chi connectivity index (χ0n) is 9.29. The first-order chi connectivity index (χ1) is 8.38. The number of nitrogens with zero attached hydrogens (tertiary/aromatic N) is 2. The Kier molecular flexibility index (Phi) is 3.38. The summed E-state index contributed by atoms with van der Waals surface area (Å²) >= 11 is 3.15. The van der Waals surface area contributed by atoms with Gasteiger partial charge in [0.2, 0.25) is 0 Å². The lowest BCUT2D eigenvalue weighted by atomic mass is 10.0. The Morgan fingerprint density at radius 2 is 1.78 bits per heavy atom. The Morgan fingerprint density at radius 1 is 1.11 bits per heavy atom. The topological polar surface area (TPSA) is 25.8 Å². The Balaban J connectivity index is 2.64. The molecule has 2 aromatic rings. The molecule has 1 aromatic carbocycles. The number of hydrogen-bond acceptors (Lipinski definition) is 2.